The molecule has 0 amide bonds. The predicted molar refractivity (Wildman–Crippen MR) is 75.9 cm³/mol. The number of hydrogen-bond acceptors (Lipinski definition) is 2. The normalized spacial score (nSPS) is 11.6. The molecule has 2 heteroatoms. The van der Waals surface area contributed by atoms with Crippen molar-refractivity contribution in [3.63, 3.8) is 0 Å². The monoisotopic (exact) mass is 243 g/mol. The van der Waals surface area contributed by atoms with Crippen LogP contribution >= 0.6 is 0 Å². The fraction of sp³-hybridized carbons (Fsp3) is 0.375. The van der Waals surface area contributed by atoms with Gasteiger partial charge in [-0.15, -0.1) is 0 Å². The van der Waals surface area contributed by atoms with Crippen LogP contribution in [0.25, 0.3) is 0 Å². The number of anilines is 1. The van der Waals surface area contributed by atoms with Crippen LogP contribution in [-0.4, -0.2) is 0 Å². The lowest BCUT2D eigenvalue weighted by Gasteiger charge is -2.19. The highest BCUT2D eigenvalue weighted by Crippen LogP contribution is 2.23. The molecule has 1 aromatic carbocycles. The van der Waals surface area contributed by atoms with Gasteiger partial charge in [-0.25, -0.2) is 0 Å². The van der Waals surface area contributed by atoms with Crippen molar-refractivity contribution >= 4 is 5.69 Å². The van der Waals surface area contributed by atoms with Crippen molar-refractivity contribution in [2.24, 2.45) is 0 Å². The van der Waals surface area contributed by atoms with Gasteiger partial charge < -0.3 is 9.73 Å². The Kier molecular flexibility index (Phi) is 3.46. The van der Waals surface area contributed by atoms with Crippen molar-refractivity contribution in [2.75, 3.05) is 5.32 Å². The van der Waals surface area contributed by atoms with Crippen molar-refractivity contribution in [3.8, 4) is 0 Å². The Hall–Kier alpha value is -1.70. The Morgan fingerprint density at radius 3 is 2.22 bits per heavy atom. The number of furan rings is 1. The second-order valence-corrected chi connectivity index (χ2v) is 5.71. The zero-order valence-electron chi connectivity index (χ0n) is 11.6. The molecule has 2 nitrogen and oxygen atoms in total. The van der Waals surface area contributed by atoms with Gasteiger partial charge >= 0.3 is 0 Å². The first-order chi connectivity index (χ1) is 8.47. The van der Waals surface area contributed by atoms with Crippen molar-refractivity contribution in [1.82, 2.24) is 0 Å². The summed E-state index contributed by atoms with van der Waals surface area (Å²) in [5.41, 5.74) is 3.87. The molecule has 0 aliphatic carbocycles. The minimum atomic E-state index is 0.204. The molecule has 0 fully saturated rings. The fourth-order valence-electron chi connectivity index (χ4n) is 1.86. The highest BCUT2D eigenvalue weighted by molar-refractivity contribution is 5.46. The molecule has 0 aliphatic rings. The molecule has 0 aliphatic heterocycles. The first-order valence-corrected chi connectivity index (χ1v) is 6.34. The summed E-state index contributed by atoms with van der Waals surface area (Å²) in [5.74, 6) is 0.995. The Bertz CT molecular complexity index is 503. The number of nitrogens with one attached hydrogen (secondary N) is 1. The maximum Gasteiger partial charge on any atom is 0.125 e. The molecule has 0 spiro atoms. The van der Waals surface area contributed by atoms with Crippen LogP contribution in [0.5, 0.6) is 0 Å². The largest absolute Gasteiger partial charge is 0.467 e. The van der Waals surface area contributed by atoms with E-state index in [-0.39, 0.29) is 5.41 Å². The molecule has 1 aromatic heterocycles. The van der Waals surface area contributed by atoms with Crippen LogP contribution in [0.1, 0.15) is 37.7 Å². The summed E-state index contributed by atoms with van der Waals surface area (Å²) < 4.78 is 5.40. The molecule has 18 heavy (non-hydrogen) atoms. The van der Waals surface area contributed by atoms with Gasteiger partial charge in [0.25, 0.3) is 0 Å². The van der Waals surface area contributed by atoms with E-state index >= 15 is 0 Å². The van der Waals surface area contributed by atoms with Gasteiger partial charge in [0.15, 0.2) is 0 Å². The quantitative estimate of drug-likeness (QED) is 0.858. The maximum atomic E-state index is 5.40. The first-order valence-electron chi connectivity index (χ1n) is 6.34. The summed E-state index contributed by atoms with van der Waals surface area (Å²) in [5, 5.41) is 3.37. The van der Waals surface area contributed by atoms with Gasteiger partial charge in [-0.2, -0.15) is 0 Å². The van der Waals surface area contributed by atoms with Crippen molar-refractivity contribution in [1.29, 1.82) is 0 Å². The number of hydrogen-bond donors (Lipinski definition) is 1. The van der Waals surface area contributed by atoms with Crippen LogP contribution in [0, 0.1) is 6.92 Å². The van der Waals surface area contributed by atoms with Gasteiger partial charge in [0.2, 0.25) is 0 Å². The van der Waals surface area contributed by atoms with E-state index in [4.69, 9.17) is 4.42 Å². The average Bonchev–Trinajstić information content (AvgIpc) is 2.72. The number of rotatable bonds is 3. The lowest BCUT2D eigenvalue weighted by atomic mass is 9.87. The second kappa shape index (κ2) is 4.89. The minimum absolute atomic E-state index is 0.204. The maximum absolute atomic E-state index is 5.40. The summed E-state index contributed by atoms with van der Waals surface area (Å²) in [6.45, 7) is 9.46. The molecule has 2 aromatic rings. The Morgan fingerprint density at radius 2 is 1.72 bits per heavy atom. The molecule has 2 rings (SSSR count). The van der Waals surface area contributed by atoms with E-state index in [0.29, 0.717) is 0 Å². The smallest absolute Gasteiger partial charge is 0.125 e. The molecule has 0 radical (unpaired) electrons. The summed E-state index contributed by atoms with van der Waals surface area (Å²) >= 11 is 0. The van der Waals surface area contributed by atoms with Crippen molar-refractivity contribution < 1.29 is 4.42 Å². The van der Waals surface area contributed by atoms with Crippen molar-refractivity contribution in [2.45, 2.75) is 39.7 Å². The zero-order valence-corrected chi connectivity index (χ0v) is 11.6. The number of aryl methyl sites for hydroxylation is 1. The van der Waals surface area contributed by atoms with E-state index in [1.54, 1.807) is 6.26 Å². The summed E-state index contributed by atoms with van der Waals surface area (Å²) in [4.78, 5) is 0. The van der Waals surface area contributed by atoms with Gasteiger partial charge in [0, 0.05) is 5.69 Å². The van der Waals surface area contributed by atoms with Gasteiger partial charge in [-0.3, -0.25) is 0 Å². The molecule has 1 heterocycles. The first kappa shape index (κ1) is 12.7. The van der Waals surface area contributed by atoms with Crippen LogP contribution in [0.15, 0.2) is 41.0 Å². The lowest BCUT2D eigenvalue weighted by Crippen LogP contribution is -2.10. The highest BCUT2D eigenvalue weighted by atomic mass is 16.3. The summed E-state index contributed by atoms with van der Waals surface area (Å²) in [6.07, 6.45) is 1.73. The Labute approximate surface area is 109 Å². The molecular weight excluding hydrogens is 222 g/mol. The summed E-state index contributed by atoms with van der Waals surface area (Å²) in [7, 11) is 0. The third-order valence-electron chi connectivity index (χ3n) is 3.17. The number of benzene rings is 1. The van der Waals surface area contributed by atoms with E-state index < -0.39 is 0 Å². The highest BCUT2D eigenvalue weighted by Gasteiger charge is 2.12. The summed E-state index contributed by atoms with van der Waals surface area (Å²) in [6, 6.07) is 10.6. The van der Waals surface area contributed by atoms with Gasteiger partial charge in [-0.05, 0) is 41.7 Å². The topological polar surface area (TPSA) is 25.2 Å². The molecule has 0 bridgehead atoms. The van der Waals surface area contributed by atoms with Crippen molar-refractivity contribution in [3.05, 3.63) is 53.5 Å². The predicted octanol–water partition coefficient (Wildman–Crippen LogP) is 4.50. The molecule has 0 saturated carbocycles. The Morgan fingerprint density at radius 1 is 1.06 bits per heavy atom. The van der Waals surface area contributed by atoms with Crippen LogP contribution in [0.4, 0.5) is 5.69 Å². The van der Waals surface area contributed by atoms with E-state index in [9.17, 15) is 0 Å². The Balaban J connectivity index is 2.01. The molecule has 96 valence electrons. The fourth-order valence-corrected chi connectivity index (χ4v) is 1.86. The minimum Gasteiger partial charge on any atom is -0.467 e. The van der Waals surface area contributed by atoms with E-state index in [2.05, 4.69) is 57.3 Å². The molecule has 0 unspecified atom stereocenters. The molecule has 1 N–H and O–H groups in total. The van der Waals surface area contributed by atoms with Gasteiger partial charge in [0.05, 0.1) is 12.8 Å². The van der Waals surface area contributed by atoms with Gasteiger partial charge in [0.1, 0.15) is 5.76 Å². The second-order valence-electron chi connectivity index (χ2n) is 5.71. The zero-order chi connectivity index (χ0) is 13.2. The van der Waals surface area contributed by atoms with E-state index in [0.717, 1.165) is 18.0 Å². The van der Waals surface area contributed by atoms with Gasteiger partial charge in [-0.1, -0.05) is 32.9 Å². The third-order valence-corrected chi connectivity index (χ3v) is 3.17. The van der Waals surface area contributed by atoms with Crippen LogP contribution in [0.3, 0.4) is 0 Å². The van der Waals surface area contributed by atoms with Crippen LogP contribution in [0.2, 0.25) is 0 Å². The molecule has 0 atom stereocenters. The molecule has 0 saturated heterocycles. The van der Waals surface area contributed by atoms with E-state index in [1.165, 1.54) is 11.1 Å². The SMILES string of the molecule is Cc1ccoc1CNc1ccc(C(C)(C)C)cc1. The average molecular weight is 243 g/mol. The van der Waals surface area contributed by atoms with Crippen LogP contribution < -0.4 is 5.32 Å². The molecular formula is C16H21NO. The van der Waals surface area contributed by atoms with Crippen LogP contribution in [-0.2, 0) is 12.0 Å². The van der Waals surface area contributed by atoms with E-state index in [1.807, 2.05) is 6.07 Å². The lowest BCUT2D eigenvalue weighted by molar-refractivity contribution is 0.515. The third kappa shape index (κ3) is 2.95. The standard InChI is InChI=1S/C16H21NO/c1-12-9-10-18-15(12)11-17-14-7-5-13(6-8-14)16(2,3)4/h5-10,17H,11H2,1-4H3.